The van der Waals surface area contributed by atoms with Crippen molar-refractivity contribution in [3.63, 3.8) is 0 Å². The predicted octanol–water partition coefficient (Wildman–Crippen LogP) is 10.0. The molecule has 0 aromatic heterocycles. The lowest BCUT2D eigenvalue weighted by Gasteiger charge is -2.34. The summed E-state index contributed by atoms with van der Waals surface area (Å²) in [6.45, 7) is 0. The molecule has 0 radical (unpaired) electrons. The number of halogens is 1. The lowest BCUT2D eigenvalue weighted by molar-refractivity contribution is 0.769. The van der Waals surface area contributed by atoms with E-state index < -0.39 is 5.41 Å². The van der Waals surface area contributed by atoms with E-state index in [0.717, 1.165) is 10.6 Å². The summed E-state index contributed by atoms with van der Waals surface area (Å²) in [6.07, 6.45) is 0. The van der Waals surface area contributed by atoms with Crippen LogP contribution in [-0.2, 0) is 5.41 Å². The largest absolute Gasteiger partial charge is 0.0837 e. The molecule has 1 aliphatic rings. The lowest BCUT2D eigenvalue weighted by Crippen LogP contribution is -2.28. The molecule has 1 unspecified atom stereocenters. The van der Waals surface area contributed by atoms with Crippen LogP contribution in [0.3, 0.4) is 0 Å². The van der Waals surface area contributed by atoms with E-state index in [1.165, 1.54) is 50.1 Å². The van der Waals surface area contributed by atoms with Crippen LogP contribution in [-0.4, -0.2) is 0 Å². The van der Waals surface area contributed by atoms with Gasteiger partial charge in [0.25, 0.3) is 0 Å². The topological polar surface area (TPSA) is 0 Å². The van der Waals surface area contributed by atoms with Gasteiger partial charge < -0.3 is 0 Å². The molecule has 0 heterocycles. The Hall–Kier alpha value is -4.39. The molecule has 0 saturated heterocycles. The molecule has 1 aliphatic carbocycles. The molecule has 7 rings (SSSR count). The average molecular weight is 505 g/mol. The highest BCUT2D eigenvalue weighted by Gasteiger charge is 2.46. The van der Waals surface area contributed by atoms with Crippen LogP contribution in [0.5, 0.6) is 0 Å². The number of hydrogen-bond acceptors (Lipinski definition) is 0. The summed E-state index contributed by atoms with van der Waals surface area (Å²) in [7, 11) is 0. The van der Waals surface area contributed by atoms with E-state index >= 15 is 0 Å². The van der Waals surface area contributed by atoms with Gasteiger partial charge in [-0.2, -0.15) is 0 Å². The summed E-state index contributed by atoms with van der Waals surface area (Å²) in [5.74, 6) is 0. The summed E-state index contributed by atoms with van der Waals surface area (Å²) in [6, 6.07) is 54.3. The lowest BCUT2D eigenvalue weighted by atomic mass is 9.67. The molecule has 6 aromatic carbocycles. The Labute approximate surface area is 228 Å². The van der Waals surface area contributed by atoms with E-state index in [1.54, 1.807) is 0 Å². The fourth-order valence-corrected chi connectivity index (χ4v) is 6.49. The normalized spacial score (nSPS) is 15.6. The molecule has 6 aromatic rings. The van der Waals surface area contributed by atoms with Gasteiger partial charge in [0.2, 0.25) is 0 Å². The van der Waals surface area contributed by atoms with Gasteiger partial charge in [0.05, 0.1) is 5.41 Å². The number of benzene rings is 6. The third-order valence-electron chi connectivity index (χ3n) is 7.86. The van der Waals surface area contributed by atoms with Crippen LogP contribution < -0.4 is 0 Å². The van der Waals surface area contributed by atoms with Gasteiger partial charge in [-0.15, -0.1) is 0 Å². The summed E-state index contributed by atoms with van der Waals surface area (Å²) < 4.78 is 0. The third kappa shape index (κ3) is 3.38. The van der Waals surface area contributed by atoms with E-state index in [9.17, 15) is 0 Å². The van der Waals surface area contributed by atoms with Crippen LogP contribution in [0.25, 0.3) is 33.4 Å². The van der Waals surface area contributed by atoms with Gasteiger partial charge in [0.1, 0.15) is 0 Å². The van der Waals surface area contributed by atoms with Gasteiger partial charge >= 0.3 is 0 Å². The monoisotopic (exact) mass is 504 g/mol. The molecular formula is C37H25Cl. The van der Waals surface area contributed by atoms with Crippen molar-refractivity contribution in [2.75, 3.05) is 0 Å². The Kier molecular flexibility index (Phi) is 5.50. The smallest absolute Gasteiger partial charge is 0.0713 e. The second-order valence-electron chi connectivity index (χ2n) is 9.81. The summed E-state index contributed by atoms with van der Waals surface area (Å²) in [5, 5.41) is 0.766. The first kappa shape index (κ1) is 22.8. The molecule has 0 saturated carbocycles. The second kappa shape index (κ2) is 9.17. The first-order valence-corrected chi connectivity index (χ1v) is 13.4. The van der Waals surface area contributed by atoms with Gasteiger partial charge in [-0.1, -0.05) is 157 Å². The van der Waals surface area contributed by atoms with Crippen LogP contribution in [0.2, 0.25) is 5.02 Å². The molecule has 1 heteroatoms. The number of fused-ring (bicyclic) bond motifs is 3. The van der Waals surface area contributed by atoms with Gasteiger partial charge in [-0.3, -0.25) is 0 Å². The Morgan fingerprint density at radius 2 is 0.895 bits per heavy atom. The Morgan fingerprint density at radius 3 is 1.63 bits per heavy atom. The van der Waals surface area contributed by atoms with Gasteiger partial charge in [-0.05, 0) is 56.1 Å². The third-order valence-corrected chi connectivity index (χ3v) is 8.19. The minimum Gasteiger partial charge on any atom is -0.0837 e. The highest BCUT2D eigenvalue weighted by molar-refractivity contribution is 6.33. The molecular weight excluding hydrogens is 480 g/mol. The Balaban J connectivity index is 1.55. The van der Waals surface area contributed by atoms with Crippen molar-refractivity contribution in [1.29, 1.82) is 0 Å². The van der Waals surface area contributed by atoms with Crippen molar-refractivity contribution in [2.45, 2.75) is 5.41 Å². The highest BCUT2D eigenvalue weighted by atomic mass is 35.5. The minimum absolute atomic E-state index is 0.445. The van der Waals surface area contributed by atoms with Crippen LogP contribution in [0.15, 0.2) is 152 Å². The van der Waals surface area contributed by atoms with Crippen LogP contribution in [0.1, 0.15) is 22.3 Å². The Bertz CT molecular complexity index is 1750. The van der Waals surface area contributed by atoms with Crippen molar-refractivity contribution in [3.05, 3.63) is 179 Å². The fraction of sp³-hybridized carbons (Fsp3) is 0.0270. The van der Waals surface area contributed by atoms with E-state index in [4.69, 9.17) is 11.6 Å². The summed E-state index contributed by atoms with van der Waals surface area (Å²) in [4.78, 5) is 0. The van der Waals surface area contributed by atoms with Crippen LogP contribution >= 0.6 is 11.6 Å². The van der Waals surface area contributed by atoms with Crippen LogP contribution in [0.4, 0.5) is 0 Å². The SMILES string of the molecule is Clc1ccccc1-c1cccc2c1-c1ccccc1C2(c1ccccc1)c1ccc(-c2ccccc2)cc1. The molecule has 0 fully saturated rings. The van der Waals surface area contributed by atoms with Crippen molar-refractivity contribution in [2.24, 2.45) is 0 Å². The van der Waals surface area contributed by atoms with Gasteiger partial charge in [-0.25, -0.2) is 0 Å². The molecule has 0 amide bonds. The fourth-order valence-electron chi connectivity index (χ4n) is 6.25. The maximum Gasteiger partial charge on any atom is 0.0713 e. The maximum absolute atomic E-state index is 6.77. The molecule has 0 spiro atoms. The number of hydrogen-bond donors (Lipinski definition) is 0. The first-order valence-electron chi connectivity index (χ1n) is 13.0. The van der Waals surface area contributed by atoms with Crippen molar-refractivity contribution < 1.29 is 0 Å². The maximum atomic E-state index is 6.77. The van der Waals surface area contributed by atoms with E-state index in [2.05, 4.69) is 140 Å². The quantitative estimate of drug-likeness (QED) is 0.223. The van der Waals surface area contributed by atoms with Crippen molar-refractivity contribution in [1.82, 2.24) is 0 Å². The zero-order valence-corrected chi connectivity index (χ0v) is 21.6. The minimum atomic E-state index is -0.445. The molecule has 38 heavy (non-hydrogen) atoms. The molecule has 180 valence electrons. The zero-order chi connectivity index (χ0) is 25.5. The standard InChI is InChI=1S/C37H25Cl/c38-35-21-10-8-16-30(35)31-18-11-20-34-36(31)32-17-7-9-19-33(32)37(34,28-14-5-2-6-15-28)29-24-22-27(23-25-29)26-12-3-1-4-13-26/h1-25H. The van der Waals surface area contributed by atoms with Gasteiger partial charge in [0, 0.05) is 10.6 Å². The summed E-state index contributed by atoms with van der Waals surface area (Å²) in [5.41, 5.74) is 11.8. The summed E-state index contributed by atoms with van der Waals surface area (Å²) >= 11 is 6.77. The van der Waals surface area contributed by atoms with Crippen molar-refractivity contribution >= 4 is 11.6 Å². The number of rotatable bonds is 4. The van der Waals surface area contributed by atoms with E-state index in [0.29, 0.717) is 0 Å². The zero-order valence-electron chi connectivity index (χ0n) is 20.8. The Morgan fingerprint density at radius 1 is 0.368 bits per heavy atom. The highest BCUT2D eigenvalue weighted by Crippen LogP contribution is 2.58. The predicted molar refractivity (Wildman–Crippen MR) is 160 cm³/mol. The molecule has 0 N–H and O–H groups in total. The van der Waals surface area contributed by atoms with Crippen molar-refractivity contribution in [3.8, 4) is 33.4 Å². The first-order chi connectivity index (χ1) is 18.8. The molecule has 0 nitrogen and oxygen atoms in total. The molecule has 0 bridgehead atoms. The van der Waals surface area contributed by atoms with E-state index in [-0.39, 0.29) is 0 Å². The van der Waals surface area contributed by atoms with Gasteiger partial charge in [0.15, 0.2) is 0 Å². The van der Waals surface area contributed by atoms with Crippen LogP contribution in [0, 0.1) is 0 Å². The molecule has 1 atom stereocenters. The molecule has 0 aliphatic heterocycles. The van der Waals surface area contributed by atoms with E-state index in [1.807, 2.05) is 12.1 Å². The second-order valence-corrected chi connectivity index (χ2v) is 10.2. The average Bonchev–Trinajstić information content (AvgIpc) is 3.30.